The van der Waals surface area contributed by atoms with Crippen LogP contribution in [0.15, 0.2) is 0 Å². The molecule has 0 saturated heterocycles. The summed E-state index contributed by atoms with van der Waals surface area (Å²) in [5, 5.41) is 0. The molecule has 0 fully saturated rings. The lowest BCUT2D eigenvalue weighted by atomic mass is 10.4. The van der Waals surface area contributed by atoms with Gasteiger partial charge < -0.3 is 10.5 Å². The lowest BCUT2D eigenvalue weighted by Gasteiger charge is -2.02. The molecule has 3 N–H and O–H groups in total. The highest BCUT2D eigenvalue weighted by Gasteiger charge is 1.99. The SMILES string of the molecule is CCOC[C@H]([NH3+])CS. The molecule has 0 bridgehead atoms. The van der Waals surface area contributed by atoms with Crippen molar-refractivity contribution in [3.05, 3.63) is 0 Å². The maximum atomic E-state index is 5.07. The van der Waals surface area contributed by atoms with Crippen LogP contribution in [0.1, 0.15) is 6.92 Å². The second-order valence-electron chi connectivity index (χ2n) is 1.71. The van der Waals surface area contributed by atoms with E-state index in [0.29, 0.717) is 6.04 Å². The van der Waals surface area contributed by atoms with Gasteiger partial charge in [-0.05, 0) is 6.92 Å². The number of hydrogen-bond donors (Lipinski definition) is 2. The molecule has 0 aromatic carbocycles. The Labute approximate surface area is 55.8 Å². The van der Waals surface area contributed by atoms with Crippen LogP contribution >= 0.6 is 12.6 Å². The largest absolute Gasteiger partial charge is 0.376 e. The van der Waals surface area contributed by atoms with Crippen LogP contribution in [-0.2, 0) is 4.74 Å². The molecule has 0 aliphatic carbocycles. The first-order valence-corrected chi connectivity index (χ1v) is 3.46. The summed E-state index contributed by atoms with van der Waals surface area (Å²) in [4.78, 5) is 0. The molecule has 0 heterocycles. The second kappa shape index (κ2) is 5.41. The maximum absolute atomic E-state index is 5.07. The van der Waals surface area contributed by atoms with E-state index in [-0.39, 0.29) is 0 Å². The third kappa shape index (κ3) is 4.43. The molecule has 0 amide bonds. The van der Waals surface area contributed by atoms with Crippen molar-refractivity contribution in [2.45, 2.75) is 13.0 Å². The van der Waals surface area contributed by atoms with Crippen LogP contribution in [0, 0.1) is 0 Å². The van der Waals surface area contributed by atoms with Gasteiger partial charge in [0.25, 0.3) is 0 Å². The van der Waals surface area contributed by atoms with Gasteiger partial charge in [-0.2, -0.15) is 12.6 Å². The number of hydrogen-bond acceptors (Lipinski definition) is 2. The molecular weight excluding hydrogens is 122 g/mol. The minimum atomic E-state index is 0.346. The van der Waals surface area contributed by atoms with Crippen LogP contribution in [0.2, 0.25) is 0 Å². The first kappa shape index (κ1) is 8.27. The van der Waals surface area contributed by atoms with E-state index in [1.807, 2.05) is 6.92 Å². The zero-order chi connectivity index (χ0) is 6.41. The van der Waals surface area contributed by atoms with E-state index < -0.39 is 0 Å². The van der Waals surface area contributed by atoms with E-state index in [4.69, 9.17) is 4.74 Å². The van der Waals surface area contributed by atoms with Crippen LogP contribution in [-0.4, -0.2) is 25.0 Å². The fraction of sp³-hybridized carbons (Fsp3) is 1.00. The van der Waals surface area contributed by atoms with Crippen molar-refractivity contribution in [3.8, 4) is 0 Å². The third-order valence-electron chi connectivity index (χ3n) is 0.816. The van der Waals surface area contributed by atoms with Gasteiger partial charge in [-0.25, -0.2) is 0 Å². The monoisotopic (exact) mass is 136 g/mol. The molecule has 8 heavy (non-hydrogen) atoms. The molecule has 50 valence electrons. The summed E-state index contributed by atoms with van der Waals surface area (Å²) in [5.74, 6) is 0.806. The zero-order valence-corrected chi connectivity index (χ0v) is 6.16. The van der Waals surface area contributed by atoms with Crippen LogP contribution in [0.4, 0.5) is 0 Å². The van der Waals surface area contributed by atoms with Crippen molar-refractivity contribution in [3.63, 3.8) is 0 Å². The second-order valence-corrected chi connectivity index (χ2v) is 2.07. The Morgan fingerprint density at radius 2 is 2.38 bits per heavy atom. The number of ether oxygens (including phenoxy) is 1. The smallest absolute Gasteiger partial charge is 0.117 e. The van der Waals surface area contributed by atoms with Crippen molar-refractivity contribution >= 4 is 12.6 Å². The third-order valence-corrected chi connectivity index (χ3v) is 1.33. The summed E-state index contributed by atoms with van der Waals surface area (Å²) in [7, 11) is 0. The summed E-state index contributed by atoms with van der Waals surface area (Å²) in [6.07, 6.45) is 0. The topological polar surface area (TPSA) is 36.9 Å². The zero-order valence-electron chi connectivity index (χ0n) is 5.26. The minimum Gasteiger partial charge on any atom is -0.376 e. The minimum absolute atomic E-state index is 0.346. The van der Waals surface area contributed by atoms with E-state index in [2.05, 4.69) is 18.4 Å². The van der Waals surface area contributed by atoms with E-state index in [1.165, 1.54) is 0 Å². The number of quaternary nitrogens is 1. The highest BCUT2D eigenvalue weighted by molar-refractivity contribution is 7.80. The summed E-state index contributed by atoms with van der Waals surface area (Å²) in [5.41, 5.74) is 3.79. The summed E-state index contributed by atoms with van der Waals surface area (Å²) in [6.45, 7) is 3.49. The van der Waals surface area contributed by atoms with Crippen molar-refractivity contribution in [2.75, 3.05) is 19.0 Å². The molecule has 0 radical (unpaired) electrons. The maximum Gasteiger partial charge on any atom is 0.117 e. The van der Waals surface area contributed by atoms with E-state index in [9.17, 15) is 0 Å². The molecule has 0 unspecified atom stereocenters. The lowest BCUT2D eigenvalue weighted by Crippen LogP contribution is -2.64. The van der Waals surface area contributed by atoms with E-state index >= 15 is 0 Å². The van der Waals surface area contributed by atoms with Crippen LogP contribution < -0.4 is 5.73 Å². The van der Waals surface area contributed by atoms with E-state index in [1.54, 1.807) is 0 Å². The van der Waals surface area contributed by atoms with Crippen molar-refractivity contribution in [1.82, 2.24) is 0 Å². The van der Waals surface area contributed by atoms with Gasteiger partial charge in [0.2, 0.25) is 0 Å². The lowest BCUT2D eigenvalue weighted by molar-refractivity contribution is -0.418. The summed E-state index contributed by atoms with van der Waals surface area (Å²) in [6, 6.07) is 0.346. The van der Waals surface area contributed by atoms with Crippen molar-refractivity contribution in [2.24, 2.45) is 0 Å². The van der Waals surface area contributed by atoms with Gasteiger partial charge in [0, 0.05) is 12.4 Å². The Morgan fingerprint density at radius 1 is 1.75 bits per heavy atom. The summed E-state index contributed by atoms with van der Waals surface area (Å²) < 4.78 is 5.07. The average molecular weight is 136 g/mol. The van der Waals surface area contributed by atoms with Gasteiger partial charge in [0.1, 0.15) is 6.04 Å². The fourth-order valence-corrected chi connectivity index (χ4v) is 0.443. The van der Waals surface area contributed by atoms with Gasteiger partial charge in [0.15, 0.2) is 0 Å². The summed E-state index contributed by atoms with van der Waals surface area (Å²) >= 11 is 4.05. The number of thiol groups is 1. The Hall–Kier alpha value is 0.270. The molecule has 3 heteroatoms. The first-order chi connectivity index (χ1) is 3.81. The molecule has 1 atom stereocenters. The van der Waals surface area contributed by atoms with Gasteiger partial charge in [-0.15, -0.1) is 0 Å². The Balaban J connectivity index is 2.86. The van der Waals surface area contributed by atoms with Crippen LogP contribution in [0.3, 0.4) is 0 Å². The molecular formula is C5H14NOS+. The van der Waals surface area contributed by atoms with Gasteiger partial charge in [-0.3, -0.25) is 0 Å². The fourth-order valence-electron chi connectivity index (χ4n) is 0.337. The van der Waals surface area contributed by atoms with Gasteiger partial charge >= 0.3 is 0 Å². The van der Waals surface area contributed by atoms with Crippen molar-refractivity contribution in [1.29, 1.82) is 0 Å². The van der Waals surface area contributed by atoms with E-state index in [0.717, 1.165) is 19.0 Å². The molecule has 0 aliphatic heterocycles. The molecule has 0 aromatic rings. The average Bonchev–Trinajstić information content (AvgIpc) is 1.83. The quantitative estimate of drug-likeness (QED) is 0.505. The van der Waals surface area contributed by atoms with Gasteiger partial charge in [0.05, 0.1) is 6.61 Å². The molecule has 0 spiro atoms. The van der Waals surface area contributed by atoms with Crippen LogP contribution in [0.25, 0.3) is 0 Å². The molecule has 2 nitrogen and oxygen atoms in total. The number of rotatable bonds is 4. The van der Waals surface area contributed by atoms with Crippen molar-refractivity contribution < 1.29 is 10.5 Å². The Kier molecular flexibility index (Phi) is 5.59. The highest BCUT2D eigenvalue weighted by atomic mass is 32.1. The molecule has 0 saturated carbocycles. The van der Waals surface area contributed by atoms with Gasteiger partial charge in [-0.1, -0.05) is 0 Å². The molecule has 0 aliphatic rings. The molecule has 0 aromatic heterocycles. The highest BCUT2D eigenvalue weighted by Crippen LogP contribution is 1.81. The first-order valence-electron chi connectivity index (χ1n) is 2.83. The Bertz CT molecular complexity index is 51.7. The normalized spacial score (nSPS) is 13.9. The Morgan fingerprint density at radius 3 is 2.75 bits per heavy atom. The standard InChI is InChI=1S/C5H13NOS/c1-2-7-3-5(6)4-8/h5,8H,2-4,6H2,1H3/p+1/t5-/m0/s1. The van der Waals surface area contributed by atoms with Crippen LogP contribution in [0.5, 0.6) is 0 Å². The predicted octanol–water partition coefficient (Wildman–Crippen LogP) is -0.437. The predicted molar refractivity (Wildman–Crippen MR) is 37.0 cm³/mol. The molecule has 0 rings (SSSR count).